The van der Waals surface area contributed by atoms with Gasteiger partial charge in [-0.25, -0.2) is 4.79 Å². The second-order valence-electron chi connectivity index (χ2n) is 4.34. The third kappa shape index (κ3) is 5.06. The van der Waals surface area contributed by atoms with E-state index in [-0.39, 0.29) is 13.0 Å². The summed E-state index contributed by atoms with van der Waals surface area (Å²) in [7, 11) is 0. The van der Waals surface area contributed by atoms with Gasteiger partial charge >= 0.3 is 11.9 Å². The van der Waals surface area contributed by atoms with Crippen molar-refractivity contribution in [2.45, 2.75) is 37.1 Å². The Morgan fingerprint density at radius 1 is 1.10 bits per heavy atom. The molecule has 0 amide bonds. The first-order valence-electron chi connectivity index (χ1n) is 6.19. The van der Waals surface area contributed by atoms with E-state index in [1.165, 1.54) is 0 Å². The van der Waals surface area contributed by atoms with Crippen LogP contribution in [0.5, 0.6) is 0 Å². The van der Waals surface area contributed by atoms with E-state index in [4.69, 9.17) is 9.47 Å². The van der Waals surface area contributed by atoms with E-state index in [1.807, 2.05) is 0 Å². The maximum absolute atomic E-state index is 11.3. The summed E-state index contributed by atoms with van der Waals surface area (Å²) in [5.41, 5.74) is 0. The highest BCUT2D eigenvalue weighted by atomic mass is 16.6. The van der Waals surface area contributed by atoms with Crippen molar-refractivity contribution in [3.05, 3.63) is 12.7 Å². The van der Waals surface area contributed by atoms with Crippen molar-refractivity contribution in [3.8, 4) is 0 Å². The molecule has 0 bridgehead atoms. The van der Waals surface area contributed by atoms with Crippen LogP contribution in [0.3, 0.4) is 0 Å². The lowest BCUT2D eigenvalue weighted by molar-refractivity contribution is -0.287. The molecule has 1 heterocycles. The molecule has 0 aromatic carbocycles. The zero-order chi connectivity index (χ0) is 16.0. The molecule has 0 aliphatic carbocycles. The molecule has 5 unspecified atom stereocenters. The highest BCUT2D eigenvalue weighted by Crippen LogP contribution is 2.20. The molecule has 21 heavy (non-hydrogen) atoms. The molecular weight excluding hydrogens is 288 g/mol. The van der Waals surface area contributed by atoms with E-state index < -0.39 is 49.3 Å². The van der Waals surface area contributed by atoms with Crippen molar-refractivity contribution in [1.82, 2.24) is 0 Å². The number of aliphatic hydroxyl groups is 4. The van der Waals surface area contributed by atoms with Crippen LogP contribution in [0.1, 0.15) is 6.42 Å². The molecule has 1 aliphatic heterocycles. The number of carbonyl (C=O) groups excluding carboxylic acids is 2. The molecular formula is C12H18O9. The van der Waals surface area contributed by atoms with Crippen LogP contribution in [0.15, 0.2) is 12.7 Å². The van der Waals surface area contributed by atoms with Gasteiger partial charge in [0.2, 0.25) is 0 Å². The van der Waals surface area contributed by atoms with Crippen molar-refractivity contribution in [1.29, 1.82) is 0 Å². The summed E-state index contributed by atoms with van der Waals surface area (Å²) in [4.78, 5) is 22.1. The van der Waals surface area contributed by atoms with Gasteiger partial charge in [-0.15, -0.1) is 0 Å². The Bertz CT molecular complexity index is 383. The van der Waals surface area contributed by atoms with E-state index in [1.54, 1.807) is 0 Å². The Labute approximate surface area is 120 Å². The second kappa shape index (κ2) is 8.05. The van der Waals surface area contributed by atoms with Gasteiger partial charge in [-0.05, 0) is 0 Å². The van der Waals surface area contributed by atoms with Crippen LogP contribution in [0.25, 0.3) is 0 Å². The van der Waals surface area contributed by atoms with Crippen molar-refractivity contribution in [3.63, 3.8) is 0 Å². The average Bonchev–Trinajstić information content (AvgIpc) is 2.47. The van der Waals surface area contributed by atoms with Crippen LogP contribution in [-0.2, 0) is 23.8 Å². The number of aliphatic hydroxyl groups excluding tert-OH is 4. The molecule has 1 rings (SSSR count). The minimum atomic E-state index is -1.69. The smallest absolute Gasteiger partial charge is 0.330 e. The molecule has 9 heteroatoms. The fourth-order valence-electron chi connectivity index (χ4n) is 1.61. The molecule has 4 N–H and O–H groups in total. The Kier molecular flexibility index (Phi) is 6.72. The molecule has 1 fully saturated rings. The number of ether oxygens (including phenoxy) is 3. The minimum Gasteiger partial charge on any atom is -0.463 e. The monoisotopic (exact) mass is 306 g/mol. The maximum Gasteiger partial charge on any atom is 0.330 e. The van der Waals surface area contributed by atoms with Crippen LogP contribution in [0, 0.1) is 0 Å². The Morgan fingerprint density at radius 2 is 1.76 bits per heavy atom. The van der Waals surface area contributed by atoms with Crippen molar-refractivity contribution in [2.75, 3.05) is 13.2 Å². The van der Waals surface area contributed by atoms with Gasteiger partial charge in [-0.3, -0.25) is 4.79 Å². The van der Waals surface area contributed by atoms with Crippen molar-refractivity contribution in [2.24, 2.45) is 0 Å². The van der Waals surface area contributed by atoms with Crippen LogP contribution in [0.2, 0.25) is 0 Å². The van der Waals surface area contributed by atoms with Crippen molar-refractivity contribution < 1.29 is 44.2 Å². The molecule has 5 atom stereocenters. The lowest BCUT2D eigenvalue weighted by Gasteiger charge is -2.37. The van der Waals surface area contributed by atoms with E-state index in [2.05, 4.69) is 11.3 Å². The molecule has 120 valence electrons. The van der Waals surface area contributed by atoms with E-state index in [0.29, 0.717) is 0 Å². The predicted octanol–water partition coefficient (Wildman–Crippen LogP) is -2.55. The summed E-state index contributed by atoms with van der Waals surface area (Å²) < 4.78 is 14.1. The standard InChI is InChI=1S/C12H18O9/c1-2-7(13)19-4-3-8(14)20-5-6-9(15)10(16)11(17)12(18)21-6/h2,6,9-12,15-18H,1,3-5H2. The Balaban J connectivity index is 2.32. The summed E-state index contributed by atoms with van der Waals surface area (Å²) in [5, 5.41) is 37.6. The largest absolute Gasteiger partial charge is 0.463 e. The van der Waals surface area contributed by atoms with E-state index in [0.717, 1.165) is 6.08 Å². The van der Waals surface area contributed by atoms with Crippen molar-refractivity contribution >= 4 is 11.9 Å². The molecule has 9 nitrogen and oxygen atoms in total. The zero-order valence-corrected chi connectivity index (χ0v) is 11.1. The summed E-state index contributed by atoms with van der Waals surface area (Å²) in [6, 6.07) is 0. The van der Waals surface area contributed by atoms with Crippen LogP contribution < -0.4 is 0 Å². The van der Waals surface area contributed by atoms with Gasteiger partial charge in [0.25, 0.3) is 0 Å². The fraction of sp³-hybridized carbons (Fsp3) is 0.667. The van der Waals surface area contributed by atoms with E-state index >= 15 is 0 Å². The maximum atomic E-state index is 11.3. The van der Waals surface area contributed by atoms with Gasteiger partial charge < -0.3 is 34.6 Å². The number of hydrogen-bond donors (Lipinski definition) is 4. The predicted molar refractivity (Wildman–Crippen MR) is 65.6 cm³/mol. The Hall–Kier alpha value is -1.52. The lowest BCUT2D eigenvalue weighted by atomic mass is 9.99. The summed E-state index contributed by atoms with van der Waals surface area (Å²) >= 11 is 0. The molecule has 0 spiro atoms. The first-order chi connectivity index (χ1) is 9.86. The zero-order valence-electron chi connectivity index (χ0n) is 11.1. The molecule has 0 aromatic rings. The highest BCUT2D eigenvalue weighted by molar-refractivity contribution is 5.81. The molecule has 0 saturated carbocycles. The third-order valence-corrected chi connectivity index (χ3v) is 2.81. The van der Waals surface area contributed by atoms with Gasteiger partial charge in [0.15, 0.2) is 6.29 Å². The van der Waals surface area contributed by atoms with Gasteiger partial charge in [0, 0.05) is 6.08 Å². The van der Waals surface area contributed by atoms with Gasteiger partial charge in [-0.2, -0.15) is 0 Å². The van der Waals surface area contributed by atoms with Crippen LogP contribution in [-0.4, -0.2) is 76.3 Å². The van der Waals surface area contributed by atoms with Gasteiger partial charge in [0.1, 0.15) is 37.6 Å². The number of carbonyl (C=O) groups is 2. The minimum absolute atomic E-state index is 0.193. The molecule has 1 saturated heterocycles. The van der Waals surface area contributed by atoms with Crippen LogP contribution in [0.4, 0.5) is 0 Å². The summed E-state index contributed by atoms with van der Waals surface area (Å²) in [6.07, 6.45) is -6.92. The average molecular weight is 306 g/mol. The van der Waals surface area contributed by atoms with Gasteiger partial charge in [-0.1, -0.05) is 6.58 Å². The lowest BCUT2D eigenvalue weighted by Crippen LogP contribution is -2.58. The summed E-state index contributed by atoms with van der Waals surface area (Å²) in [6.45, 7) is 2.55. The molecule has 0 aromatic heterocycles. The molecule has 0 radical (unpaired) electrons. The topological polar surface area (TPSA) is 143 Å². The summed E-state index contributed by atoms with van der Waals surface area (Å²) in [5.74, 6) is -1.40. The quantitative estimate of drug-likeness (QED) is 0.308. The Morgan fingerprint density at radius 3 is 2.38 bits per heavy atom. The second-order valence-corrected chi connectivity index (χ2v) is 4.34. The SMILES string of the molecule is C=CC(=O)OCCC(=O)OCC1OC(O)C(O)C(O)C1O. The first kappa shape index (κ1) is 17.5. The van der Waals surface area contributed by atoms with E-state index in [9.17, 15) is 30.0 Å². The van der Waals surface area contributed by atoms with Gasteiger partial charge in [0.05, 0.1) is 6.42 Å². The highest BCUT2D eigenvalue weighted by Gasteiger charge is 2.43. The first-order valence-corrected chi connectivity index (χ1v) is 6.19. The fourth-order valence-corrected chi connectivity index (χ4v) is 1.61. The third-order valence-electron chi connectivity index (χ3n) is 2.81. The number of esters is 2. The normalized spacial score (nSPS) is 32.3. The molecule has 1 aliphatic rings. The number of hydrogen-bond acceptors (Lipinski definition) is 9. The number of rotatable bonds is 6. The van der Waals surface area contributed by atoms with Crippen LogP contribution >= 0.6 is 0 Å².